The number of fused-ring (bicyclic) bond motifs is 5. The van der Waals surface area contributed by atoms with E-state index in [4.69, 9.17) is 10.3 Å². The molecule has 3 aliphatic rings. The number of benzene rings is 2. The van der Waals surface area contributed by atoms with Gasteiger partial charge in [0, 0.05) is 29.5 Å². The summed E-state index contributed by atoms with van der Waals surface area (Å²) in [5.41, 5.74) is 13.5. The fraction of sp³-hybridized carbons (Fsp3) is 0.458. The molecule has 2 unspecified atom stereocenters. The van der Waals surface area contributed by atoms with Crippen LogP contribution in [0.4, 0.5) is 4.79 Å². The molecule has 154 valence electrons. The highest BCUT2D eigenvalue weighted by Crippen LogP contribution is 2.45. The zero-order valence-corrected chi connectivity index (χ0v) is 17.0. The molecular weight excluding hydrogens is 376 g/mol. The second-order valence-corrected chi connectivity index (χ2v) is 8.68. The monoisotopic (exact) mass is 402 g/mol. The molecule has 2 heterocycles. The summed E-state index contributed by atoms with van der Waals surface area (Å²) in [6.45, 7) is 0.925. The maximum atomic E-state index is 13.0. The molecule has 2 saturated heterocycles. The zero-order valence-electron chi connectivity index (χ0n) is 17.0. The van der Waals surface area contributed by atoms with Crippen molar-refractivity contribution in [3.63, 3.8) is 0 Å². The molecule has 2 bridgehead atoms. The van der Waals surface area contributed by atoms with Crippen molar-refractivity contribution < 1.29 is 9.53 Å². The average Bonchev–Trinajstić information content (AvgIpc) is 3.24. The van der Waals surface area contributed by atoms with Gasteiger partial charge in [-0.15, -0.1) is 0 Å². The first-order chi connectivity index (χ1) is 14.8. The van der Waals surface area contributed by atoms with Crippen molar-refractivity contribution in [3.05, 3.63) is 70.1 Å². The van der Waals surface area contributed by atoms with Crippen LogP contribution in [0.25, 0.3) is 21.6 Å². The molecule has 2 aromatic carbocycles. The molecule has 0 saturated carbocycles. The van der Waals surface area contributed by atoms with E-state index >= 15 is 0 Å². The van der Waals surface area contributed by atoms with Gasteiger partial charge in [-0.25, -0.2) is 4.79 Å². The number of amides is 1. The Kier molecular flexibility index (Phi) is 5.09. The molecule has 2 fully saturated rings. The molecule has 2 atom stereocenters. The lowest BCUT2D eigenvalue weighted by Gasteiger charge is -2.38. The molecule has 30 heavy (non-hydrogen) atoms. The lowest BCUT2D eigenvalue weighted by atomic mass is 9.88. The SMILES string of the molecule is [N-]=[N+]=NCCC1CC2CCC(C1)N2C(=O)OCC1c2ccccc2-c2ccccc21. The molecular formula is C24H26N4O2. The minimum Gasteiger partial charge on any atom is -0.448 e. The summed E-state index contributed by atoms with van der Waals surface area (Å²) in [5.74, 6) is 0.631. The Balaban J connectivity index is 1.26. The smallest absolute Gasteiger partial charge is 0.410 e. The molecule has 0 radical (unpaired) electrons. The molecule has 1 aliphatic carbocycles. The van der Waals surface area contributed by atoms with Crippen molar-refractivity contribution in [2.24, 2.45) is 11.0 Å². The number of hydrogen-bond acceptors (Lipinski definition) is 3. The van der Waals surface area contributed by atoms with Crippen LogP contribution >= 0.6 is 0 Å². The summed E-state index contributed by atoms with van der Waals surface area (Å²) < 4.78 is 5.91. The van der Waals surface area contributed by atoms with E-state index < -0.39 is 0 Å². The Morgan fingerprint density at radius 3 is 2.23 bits per heavy atom. The molecule has 0 spiro atoms. The topological polar surface area (TPSA) is 78.3 Å². The third-order valence-corrected chi connectivity index (χ3v) is 7.08. The summed E-state index contributed by atoms with van der Waals surface area (Å²) in [6.07, 6.45) is 4.82. The van der Waals surface area contributed by atoms with Gasteiger partial charge in [0.1, 0.15) is 6.61 Å². The highest BCUT2D eigenvalue weighted by Gasteiger charge is 2.44. The first kappa shape index (κ1) is 19.0. The fourth-order valence-corrected chi connectivity index (χ4v) is 5.78. The standard InChI is InChI=1S/C24H26N4O2/c25-27-26-12-11-16-13-17-9-10-18(14-16)28(17)24(29)30-15-23-21-7-3-1-5-19(21)20-6-2-4-8-22(20)23/h1-8,16-18,23H,9-15H2. The van der Waals surface area contributed by atoms with Crippen molar-refractivity contribution in [3.8, 4) is 11.1 Å². The maximum Gasteiger partial charge on any atom is 0.410 e. The number of piperidine rings is 1. The Labute approximate surface area is 176 Å². The van der Waals surface area contributed by atoms with E-state index in [2.05, 4.69) is 58.6 Å². The highest BCUT2D eigenvalue weighted by molar-refractivity contribution is 5.79. The summed E-state index contributed by atoms with van der Waals surface area (Å²) in [7, 11) is 0. The lowest BCUT2D eigenvalue weighted by molar-refractivity contribution is 0.0551. The summed E-state index contributed by atoms with van der Waals surface area (Å²) >= 11 is 0. The van der Waals surface area contributed by atoms with E-state index in [1.54, 1.807) is 0 Å². The first-order valence-corrected chi connectivity index (χ1v) is 10.9. The number of rotatable bonds is 5. The van der Waals surface area contributed by atoms with Crippen molar-refractivity contribution >= 4 is 6.09 Å². The van der Waals surface area contributed by atoms with E-state index in [-0.39, 0.29) is 24.1 Å². The van der Waals surface area contributed by atoms with Crippen LogP contribution in [0.15, 0.2) is 53.6 Å². The number of ether oxygens (including phenoxy) is 1. The highest BCUT2D eigenvalue weighted by atomic mass is 16.6. The van der Waals surface area contributed by atoms with E-state index in [1.807, 2.05) is 4.90 Å². The predicted octanol–water partition coefficient (Wildman–Crippen LogP) is 5.88. The van der Waals surface area contributed by atoms with Crippen LogP contribution in [0.3, 0.4) is 0 Å². The summed E-state index contributed by atoms with van der Waals surface area (Å²) in [4.78, 5) is 17.9. The van der Waals surface area contributed by atoms with Crippen LogP contribution < -0.4 is 0 Å². The Morgan fingerprint density at radius 1 is 1.03 bits per heavy atom. The Morgan fingerprint density at radius 2 is 1.63 bits per heavy atom. The second-order valence-electron chi connectivity index (χ2n) is 8.68. The van der Waals surface area contributed by atoms with Gasteiger partial charge in [-0.1, -0.05) is 53.6 Å². The molecule has 2 aromatic rings. The maximum absolute atomic E-state index is 13.0. The quantitative estimate of drug-likeness (QED) is 0.356. The van der Waals surface area contributed by atoms with Crippen molar-refractivity contribution in [1.82, 2.24) is 4.90 Å². The predicted molar refractivity (Wildman–Crippen MR) is 115 cm³/mol. The summed E-state index contributed by atoms with van der Waals surface area (Å²) in [5, 5.41) is 3.68. The number of carbonyl (C=O) groups excluding carboxylic acids is 1. The number of nitrogens with zero attached hydrogens (tertiary/aromatic N) is 4. The number of carbonyl (C=O) groups is 1. The van der Waals surface area contributed by atoms with Gasteiger partial charge in [-0.2, -0.15) is 0 Å². The van der Waals surface area contributed by atoms with Crippen molar-refractivity contribution in [1.29, 1.82) is 0 Å². The van der Waals surface area contributed by atoms with Gasteiger partial charge in [-0.3, -0.25) is 0 Å². The number of azide groups is 1. The van der Waals surface area contributed by atoms with Crippen LogP contribution in [0.2, 0.25) is 0 Å². The van der Waals surface area contributed by atoms with Gasteiger partial charge in [0.05, 0.1) is 0 Å². The molecule has 2 aliphatic heterocycles. The average molecular weight is 402 g/mol. The van der Waals surface area contributed by atoms with Crippen LogP contribution in [0.1, 0.15) is 49.1 Å². The van der Waals surface area contributed by atoms with Crippen LogP contribution in [-0.2, 0) is 4.74 Å². The summed E-state index contributed by atoms with van der Waals surface area (Å²) in [6, 6.07) is 17.4. The molecule has 6 heteroatoms. The van der Waals surface area contributed by atoms with E-state index in [1.165, 1.54) is 22.3 Å². The van der Waals surface area contributed by atoms with Gasteiger partial charge >= 0.3 is 6.09 Å². The van der Waals surface area contributed by atoms with Crippen LogP contribution in [0.5, 0.6) is 0 Å². The molecule has 5 rings (SSSR count). The normalized spacial score (nSPS) is 24.1. The van der Waals surface area contributed by atoms with Gasteiger partial charge < -0.3 is 9.64 Å². The van der Waals surface area contributed by atoms with Gasteiger partial charge in [0.15, 0.2) is 0 Å². The fourth-order valence-electron chi connectivity index (χ4n) is 5.78. The largest absolute Gasteiger partial charge is 0.448 e. The van der Waals surface area contributed by atoms with Gasteiger partial charge in [0.2, 0.25) is 0 Å². The Bertz CT molecular complexity index is 941. The van der Waals surface area contributed by atoms with Crippen LogP contribution in [0, 0.1) is 5.92 Å². The second kappa shape index (κ2) is 8.04. The van der Waals surface area contributed by atoms with Crippen molar-refractivity contribution in [2.45, 2.75) is 50.1 Å². The van der Waals surface area contributed by atoms with E-state index in [0.29, 0.717) is 19.1 Å². The van der Waals surface area contributed by atoms with Crippen LogP contribution in [-0.4, -0.2) is 36.2 Å². The number of hydrogen-bond donors (Lipinski definition) is 0. The van der Waals surface area contributed by atoms with E-state index in [0.717, 1.165) is 32.1 Å². The van der Waals surface area contributed by atoms with Gasteiger partial charge in [0.25, 0.3) is 0 Å². The lowest BCUT2D eigenvalue weighted by Crippen LogP contribution is -2.47. The molecule has 6 nitrogen and oxygen atoms in total. The minimum atomic E-state index is -0.169. The third-order valence-electron chi connectivity index (χ3n) is 7.08. The Hall–Kier alpha value is -2.98. The first-order valence-electron chi connectivity index (χ1n) is 10.9. The van der Waals surface area contributed by atoms with E-state index in [9.17, 15) is 4.79 Å². The third kappa shape index (κ3) is 3.31. The molecule has 1 amide bonds. The zero-order chi connectivity index (χ0) is 20.5. The molecule has 0 N–H and O–H groups in total. The van der Waals surface area contributed by atoms with Crippen molar-refractivity contribution in [2.75, 3.05) is 13.2 Å². The van der Waals surface area contributed by atoms with Gasteiger partial charge in [-0.05, 0) is 65.8 Å². The molecule has 0 aromatic heterocycles. The minimum absolute atomic E-state index is 0.0976.